The zero-order valence-electron chi connectivity index (χ0n) is 10.6. The van der Waals surface area contributed by atoms with E-state index < -0.39 is 0 Å². The van der Waals surface area contributed by atoms with E-state index in [9.17, 15) is 4.79 Å². The molecule has 0 heterocycles. The largest absolute Gasteiger partial charge is 0.466 e. The van der Waals surface area contributed by atoms with Crippen molar-refractivity contribution in [2.45, 2.75) is 47.0 Å². The van der Waals surface area contributed by atoms with Gasteiger partial charge in [-0.05, 0) is 38.3 Å². The van der Waals surface area contributed by atoms with Crippen LogP contribution in [0.5, 0.6) is 0 Å². The molecule has 0 aliphatic rings. The van der Waals surface area contributed by atoms with E-state index in [4.69, 9.17) is 4.74 Å². The third-order valence-corrected chi connectivity index (χ3v) is 2.09. The Morgan fingerprint density at radius 1 is 1.27 bits per heavy atom. The molecule has 0 rings (SSSR count). The van der Waals surface area contributed by atoms with Crippen molar-refractivity contribution in [3.8, 4) is 0 Å². The second-order valence-corrected chi connectivity index (χ2v) is 4.97. The highest BCUT2D eigenvalue weighted by atomic mass is 16.5. The van der Waals surface area contributed by atoms with Crippen LogP contribution in [-0.2, 0) is 9.53 Å². The van der Waals surface area contributed by atoms with Crippen LogP contribution < -0.4 is 5.32 Å². The lowest BCUT2D eigenvalue weighted by molar-refractivity contribution is -0.143. The Morgan fingerprint density at radius 2 is 1.93 bits per heavy atom. The normalized spacial score (nSPS) is 11.5. The van der Waals surface area contributed by atoms with Crippen LogP contribution in [0.2, 0.25) is 0 Å². The maximum absolute atomic E-state index is 11.0. The van der Waals surface area contributed by atoms with E-state index in [-0.39, 0.29) is 5.97 Å². The van der Waals surface area contributed by atoms with E-state index in [1.807, 2.05) is 6.92 Å². The highest BCUT2D eigenvalue weighted by molar-refractivity contribution is 5.69. The van der Waals surface area contributed by atoms with Gasteiger partial charge in [0, 0.05) is 6.42 Å². The molecule has 3 heteroatoms. The smallest absolute Gasteiger partial charge is 0.305 e. The zero-order valence-corrected chi connectivity index (χ0v) is 10.6. The summed E-state index contributed by atoms with van der Waals surface area (Å²) in [6.45, 7) is 10.9. The molecule has 3 nitrogen and oxygen atoms in total. The van der Waals surface area contributed by atoms with Gasteiger partial charge in [0.05, 0.1) is 6.61 Å². The van der Waals surface area contributed by atoms with Crippen molar-refractivity contribution in [3.05, 3.63) is 0 Å². The number of nitrogens with one attached hydrogen (secondary N) is 1. The van der Waals surface area contributed by atoms with E-state index in [2.05, 4.69) is 26.1 Å². The van der Waals surface area contributed by atoms with Crippen molar-refractivity contribution < 1.29 is 9.53 Å². The molecule has 0 aromatic rings. The Labute approximate surface area is 93.6 Å². The van der Waals surface area contributed by atoms with Crippen LogP contribution in [0, 0.1) is 5.41 Å². The summed E-state index contributed by atoms with van der Waals surface area (Å²) in [6.07, 6.45) is 2.55. The van der Waals surface area contributed by atoms with Gasteiger partial charge >= 0.3 is 5.97 Å². The molecule has 90 valence electrons. The summed E-state index contributed by atoms with van der Waals surface area (Å²) in [7, 11) is 0. The van der Waals surface area contributed by atoms with Gasteiger partial charge < -0.3 is 10.1 Å². The molecule has 1 N–H and O–H groups in total. The van der Waals surface area contributed by atoms with Crippen molar-refractivity contribution in [2.75, 3.05) is 19.7 Å². The number of ether oxygens (including phenoxy) is 1. The number of carbonyl (C=O) groups is 1. The van der Waals surface area contributed by atoms with Crippen LogP contribution in [0.15, 0.2) is 0 Å². The summed E-state index contributed by atoms with van der Waals surface area (Å²) in [5.74, 6) is -0.0879. The van der Waals surface area contributed by atoms with Crippen LogP contribution in [0.25, 0.3) is 0 Å². The first-order chi connectivity index (χ1) is 6.95. The van der Waals surface area contributed by atoms with Crippen molar-refractivity contribution in [3.63, 3.8) is 0 Å². The van der Waals surface area contributed by atoms with E-state index in [1.54, 1.807) is 0 Å². The topological polar surface area (TPSA) is 38.3 Å². The first kappa shape index (κ1) is 14.4. The Kier molecular flexibility index (Phi) is 7.39. The van der Waals surface area contributed by atoms with Gasteiger partial charge in [0.1, 0.15) is 0 Å². The van der Waals surface area contributed by atoms with Gasteiger partial charge in [-0.15, -0.1) is 0 Å². The molecule has 0 atom stereocenters. The molecule has 0 unspecified atom stereocenters. The lowest BCUT2D eigenvalue weighted by Gasteiger charge is -2.17. The number of hydrogen-bond donors (Lipinski definition) is 1. The van der Waals surface area contributed by atoms with E-state index in [0.717, 1.165) is 25.9 Å². The maximum atomic E-state index is 11.0. The predicted octanol–water partition coefficient (Wildman–Crippen LogP) is 2.36. The molecule has 0 saturated carbocycles. The van der Waals surface area contributed by atoms with Crippen molar-refractivity contribution in [1.82, 2.24) is 5.32 Å². The van der Waals surface area contributed by atoms with Crippen molar-refractivity contribution >= 4 is 5.97 Å². The third-order valence-electron chi connectivity index (χ3n) is 2.09. The molecule has 0 aromatic heterocycles. The van der Waals surface area contributed by atoms with Crippen molar-refractivity contribution in [1.29, 1.82) is 0 Å². The van der Waals surface area contributed by atoms with Gasteiger partial charge in [0.25, 0.3) is 0 Å². The van der Waals surface area contributed by atoms with Gasteiger partial charge in [0.2, 0.25) is 0 Å². The third kappa shape index (κ3) is 11.4. The second-order valence-electron chi connectivity index (χ2n) is 4.97. The Hall–Kier alpha value is -0.570. The first-order valence-electron chi connectivity index (χ1n) is 5.82. The van der Waals surface area contributed by atoms with E-state index >= 15 is 0 Å². The molecule has 0 aromatic carbocycles. The Bertz CT molecular complexity index is 173. The molecule has 0 radical (unpaired) electrons. The van der Waals surface area contributed by atoms with Gasteiger partial charge in [-0.2, -0.15) is 0 Å². The summed E-state index contributed by atoms with van der Waals surface area (Å²) >= 11 is 0. The van der Waals surface area contributed by atoms with Crippen LogP contribution in [0.1, 0.15) is 47.0 Å². The van der Waals surface area contributed by atoms with Gasteiger partial charge in [0.15, 0.2) is 0 Å². The molecule has 0 fully saturated rings. The quantitative estimate of drug-likeness (QED) is 0.523. The summed E-state index contributed by atoms with van der Waals surface area (Å²) in [5, 5.41) is 3.33. The highest BCUT2D eigenvalue weighted by Crippen LogP contribution is 2.16. The van der Waals surface area contributed by atoms with E-state index in [1.165, 1.54) is 0 Å². The molecule has 15 heavy (non-hydrogen) atoms. The summed E-state index contributed by atoms with van der Waals surface area (Å²) in [4.78, 5) is 11.0. The van der Waals surface area contributed by atoms with Gasteiger partial charge in [-0.25, -0.2) is 0 Å². The average Bonchev–Trinajstić information content (AvgIpc) is 2.09. The molecule has 0 amide bonds. The molecule has 0 aliphatic carbocycles. The molecular formula is C12H25NO2. The van der Waals surface area contributed by atoms with Crippen LogP contribution in [0.3, 0.4) is 0 Å². The number of carbonyl (C=O) groups excluding carboxylic acids is 1. The fourth-order valence-electron chi connectivity index (χ4n) is 1.18. The predicted molar refractivity (Wildman–Crippen MR) is 62.8 cm³/mol. The average molecular weight is 215 g/mol. The molecule has 0 spiro atoms. The number of hydrogen-bond acceptors (Lipinski definition) is 3. The van der Waals surface area contributed by atoms with E-state index in [0.29, 0.717) is 18.4 Å². The summed E-state index contributed by atoms with van der Waals surface area (Å²) in [6, 6.07) is 0. The molecule has 0 saturated heterocycles. The fourth-order valence-corrected chi connectivity index (χ4v) is 1.18. The second kappa shape index (κ2) is 7.69. The fraction of sp³-hybridized carbons (Fsp3) is 0.917. The van der Waals surface area contributed by atoms with Gasteiger partial charge in [-0.3, -0.25) is 4.79 Å². The lowest BCUT2D eigenvalue weighted by atomic mass is 9.92. The lowest BCUT2D eigenvalue weighted by Crippen LogP contribution is -2.22. The molecule has 0 bridgehead atoms. The molecular weight excluding hydrogens is 190 g/mol. The molecule has 0 aliphatic heterocycles. The maximum Gasteiger partial charge on any atom is 0.305 e. The van der Waals surface area contributed by atoms with Crippen LogP contribution in [0.4, 0.5) is 0 Å². The van der Waals surface area contributed by atoms with Crippen LogP contribution in [-0.4, -0.2) is 25.7 Å². The van der Waals surface area contributed by atoms with Crippen molar-refractivity contribution in [2.24, 2.45) is 5.41 Å². The highest BCUT2D eigenvalue weighted by Gasteiger charge is 2.08. The Balaban J connectivity index is 3.22. The minimum Gasteiger partial charge on any atom is -0.466 e. The van der Waals surface area contributed by atoms with Gasteiger partial charge in [-0.1, -0.05) is 20.8 Å². The monoisotopic (exact) mass is 215 g/mol. The number of esters is 1. The zero-order chi connectivity index (χ0) is 11.7. The first-order valence-corrected chi connectivity index (χ1v) is 5.82. The Morgan fingerprint density at radius 3 is 2.47 bits per heavy atom. The summed E-state index contributed by atoms with van der Waals surface area (Å²) in [5.41, 5.74) is 0.383. The SMILES string of the molecule is CCOC(=O)CCCNCCC(C)(C)C. The summed E-state index contributed by atoms with van der Waals surface area (Å²) < 4.78 is 4.84. The standard InChI is InChI=1S/C12H25NO2/c1-5-15-11(14)7-6-9-13-10-8-12(2,3)4/h13H,5-10H2,1-4H3. The number of rotatable bonds is 7. The minimum atomic E-state index is -0.0879. The minimum absolute atomic E-state index is 0.0879. The van der Waals surface area contributed by atoms with Crippen LogP contribution >= 0.6 is 0 Å².